The molecule has 0 radical (unpaired) electrons. The Labute approximate surface area is 193 Å². The Balaban J connectivity index is 1.64. The third-order valence-corrected chi connectivity index (χ3v) is 4.86. The zero-order chi connectivity index (χ0) is 23.6. The summed E-state index contributed by atoms with van der Waals surface area (Å²) in [6.07, 6.45) is 0.789. The van der Waals surface area contributed by atoms with Crippen LogP contribution in [0.5, 0.6) is 17.2 Å². The molecule has 0 bridgehead atoms. The van der Waals surface area contributed by atoms with Crippen molar-refractivity contribution in [3.05, 3.63) is 83.7 Å². The lowest BCUT2D eigenvalue weighted by Gasteiger charge is -2.13. The number of amides is 1. The zero-order valence-corrected chi connectivity index (χ0v) is 19.1. The highest BCUT2D eigenvalue weighted by Gasteiger charge is 2.13. The highest BCUT2D eigenvalue weighted by molar-refractivity contribution is 6.04. The van der Waals surface area contributed by atoms with Crippen LogP contribution in [-0.4, -0.2) is 45.2 Å². The maximum absolute atomic E-state index is 14.4. The van der Waals surface area contributed by atoms with Gasteiger partial charge in [0.15, 0.2) is 23.1 Å². The van der Waals surface area contributed by atoms with E-state index in [1.165, 1.54) is 19.2 Å². The highest BCUT2D eigenvalue weighted by atomic mass is 19.1. The lowest BCUT2D eigenvalue weighted by Crippen LogP contribution is -2.16. The second-order valence-electron chi connectivity index (χ2n) is 7.74. The van der Waals surface area contributed by atoms with Gasteiger partial charge in [-0.1, -0.05) is 30.3 Å². The fraction of sp³-hybridized carbons (Fsp3) is 0.269. The Bertz CT molecular complexity index is 1060. The van der Waals surface area contributed by atoms with Gasteiger partial charge in [0.25, 0.3) is 5.91 Å². The lowest BCUT2D eigenvalue weighted by atomic mass is 10.1. The third-order valence-electron chi connectivity index (χ3n) is 4.86. The fourth-order valence-electron chi connectivity index (χ4n) is 3.13. The maximum atomic E-state index is 14.4. The molecule has 0 atom stereocenters. The number of anilines is 1. The molecule has 0 spiro atoms. The topological polar surface area (TPSA) is 60.0 Å². The number of rotatable bonds is 11. The summed E-state index contributed by atoms with van der Waals surface area (Å²) >= 11 is 0. The molecule has 0 aliphatic carbocycles. The van der Waals surface area contributed by atoms with Gasteiger partial charge in [-0.05, 0) is 56.4 Å². The van der Waals surface area contributed by atoms with Crippen LogP contribution in [0.1, 0.15) is 22.3 Å². The SMILES string of the molecule is COc1ccc(C(=O)Nc2ccc(OCCCN(C)C)c(F)c2)cc1OCc1ccccc1. The van der Waals surface area contributed by atoms with E-state index < -0.39 is 5.82 Å². The van der Waals surface area contributed by atoms with Crippen molar-refractivity contribution in [2.75, 3.05) is 39.7 Å². The first-order valence-electron chi connectivity index (χ1n) is 10.7. The summed E-state index contributed by atoms with van der Waals surface area (Å²) in [4.78, 5) is 14.8. The Morgan fingerprint density at radius 1 is 0.939 bits per heavy atom. The van der Waals surface area contributed by atoms with Gasteiger partial charge in [0.05, 0.1) is 13.7 Å². The van der Waals surface area contributed by atoms with Crippen molar-refractivity contribution in [2.45, 2.75) is 13.0 Å². The van der Waals surface area contributed by atoms with Crippen molar-refractivity contribution in [1.29, 1.82) is 0 Å². The lowest BCUT2D eigenvalue weighted by molar-refractivity contribution is 0.102. The summed E-state index contributed by atoms with van der Waals surface area (Å²) in [6, 6.07) is 19.0. The van der Waals surface area contributed by atoms with E-state index in [9.17, 15) is 9.18 Å². The van der Waals surface area contributed by atoms with Gasteiger partial charge in [-0.15, -0.1) is 0 Å². The molecular weight excluding hydrogens is 423 g/mol. The molecule has 0 saturated carbocycles. The molecule has 0 saturated heterocycles. The van der Waals surface area contributed by atoms with Crippen LogP contribution < -0.4 is 19.5 Å². The number of hydrogen-bond acceptors (Lipinski definition) is 5. The van der Waals surface area contributed by atoms with Crippen molar-refractivity contribution in [3.63, 3.8) is 0 Å². The first kappa shape index (κ1) is 24.1. The van der Waals surface area contributed by atoms with Crippen LogP contribution in [0.2, 0.25) is 0 Å². The quantitative estimate of drug-likeness (QED) is 0.415. The second kappa shape index (κ2) is 11.9. The number of nitrogens with zero attached hydrogens (tertiary/aromatic N) is 1. The minimum Gasteiger partial charge on any atom is -0.493 e. The summed E-state index contributed by atoms with van der Waals surface area (Å²) in [7, 11) is 5.48. The van der Waals surface area contributed by atoms with E-state index in [4.69, 9.17) is 14.2 Å². The van der Waals surface area contributed by atoms with Gasteiger partial charge in [-0.2, -0.15) is 0 Å². The molecule has 1 N–H and O–H groups in total. The predicted molar refractivity (Wildman–Crippen MR) is 127 cm³/mol. The van der Waals surface area contributed by atoms with Crippen molar-refractivity contribution in [3.8, 4) is 17.2 Å². The van der Waals surface area contributed by atoms with E-state index in [0.29, 0.717) is 36.0 Å². The van der Waals surface area contributed by atoms with Crippen molar-refractivity contribution in [1.82, 2.24) is 4.90 Å². The Hall–Kier alpha value is -3.58. The molecule has 0 aromatic heterocycles. The van der Waals surface area contributed by atoms with E-state index in [1.54, 1.807) is 24.3 Å². The molecule has 3 rings (SSSR count). The Morgan fingerprint density at radius 3 is 2.39 bits per heavy atom. The number of methoxy groups -OCH3 is 1. The van der Waals surface area contributed by atoms with E-state index in [1.807, 2.05) is 49.3 Å². The number of ether oxygens (including phenoxy) is 3. The van der Waals surface area contributed by atoms with Gasteiger partial charge in [0.1, 0.15) is 6.61 Å². The van der Waals surface area contributed by atoms with Gasteiger partial charge in [-0.25, -0.2) is 4.39 Å². The second-order valence-corrected chi connectivity index (χ2v) is 7.74. The van der Waals surface area contributed by atoms with Crippen molar-refractivity contribution >= 4 is 11.6 Å². The van der Waals surface area contributed by atoms with Gasteiger partial charge in [-0.3, -0.25) is 4.79 Å². The molecule has 0 fully saturated rings. The molecular formula is C26H29FN2O4. The van der Waals surface area contributed by atoms with E-state index in [0.717, 1.165) is 18.5 Å². The monoisotopic (exact) mass is 452 g/mol. The summed E-state index contributed by atoms with van der Waals surface area (Å²) in [5.41, 5.74) is 1.69. The summed E-state index contributed by atoms with van der Waals surface area (Å²) in [5, 5.41) is 2.71. The minimum atomic E-state index is -0.528. The van der Waals surface area contributed by atoms with Crippen LogP contribution in [0.4, 0.5) is 10.1 Å². The van der Waals surface area contributed by atoms with Gasteiger partial charge < -0.3 is 24.4 Å². The van der Waals surface area contributed by atoms with Gasteiger partial charge in [0.2, 0.25) is 0 Å². The fourth-order valence-corrected chi connectivity index (χ4v) is 3.13. The Morgan fingerprint density at radius 2 is 1.70 bits per heavy atom. The van der Waals surface area contributed by atoms with Crippen LogP contribution in [-0.2, 0) is 6.61 Å². The molecule has 0 heterocycles. The number of nitrogens with one attached hydrogen (secondary N) is 1. The number of benzene rings is 3. The van der Waals surface area contributed by atoms with Crippen LogP contribution in [0.25, 0.3) is 0 Å². The number of hydrogen-bond donors (Lipinski definition) is 1. The minimum absolute atomic E-state index is 0.160. The molecule has 1 amide bonds. The average molecular weight is 453 g/mol. The van der Waals surface area contributed by atoms with Crippen molar-refractivity contribution in [2.24, 2.45) is 0 Å². The van der Waals surface area contributed by atoms with Gasteiger partial charge in [0, 0.05) is 23.9 Å². The summed E-state index contributed by atoms with van der Waals surface area (Å²) in [5.74, 6) is 0.208. The molecule has 0 aliphatic rings. The van der Waals surface area contributed by atoms with E-state index in [2.05, 4.69) is 5.32 Å². The highest BCUT2D eigenvalue weighted by Crippen LogP contribution is 2.29. The molecule has 7 heteroatoms. The maximum Gasteiger partial charge on any atom is 0.255 e. The Kier molecular flexibility index (Phi) is 8.66. The van der Waals surface area contributed by atoms with Crippen LogP contribution >= 0.6 is 0 Å². The van der Waals surface area contributed by atoms with E-state index in [-0.39, 0.29) is 11.7 Å². The molecule has 0 aliphatic heterocycles. The zero-order valence-electron chi connectivity index (χ0n) is 19.1. The number of halogens is 1. The normalized spacial score (nSPS) is 10.7. The molecule has 0 unspecified atom stereocenters. The first-order valence-corrected chi connectivity index (χ1v) is 10.7. The summed E-state index contributed by atoms with van der Waals surface area (Å²) < 4.78 is 31.1. The number of carbonyl (C=O) groups is 1. The van der Waals surface area contributed by atoms with Crippen LogP contribution in [0.3, 0.4) is 0 Å². The molecule has 6 nitrogen and oxygen atoms in total. The molecule has 3 aromatic carbocycles. The predicted octanol–water partition coefficient (Wildman–Crippen LogP) is 5.00. The molecule has 33 heavy (non-hydrogen) atoms. The van der Waals surface area contributed by atoms with Gasteiger partial charge >= 0.3 is 0 Å². The molecule has 174 valence electrons. The van der Waals surface area contributed by atoms with E-state index >= 15 is 0 Å². The molecule has 3 aromatic rings. The third kappa shape index (κ3) is 7.22. The average Bonchev–Trinajstić information content (AvgIpc) is 2.82. The standard InChI is InChI=1S/C26H29FN2O4/c1-29(2)14-7-15-32-23-13-11-21(17-22(23)27)28-26(30)20-10-12-24(31-3)25(16-20)33-18-19-8-5-4-6-9-19/h4-6,8-13,16-17H,7,14-15,18H2,1-3H3,(H,28,30). The van der Waals surface area contributed by atoms with Crippen LogP contribution in [0.15, 0.2) is 66.7 Å². The largest absolute Gasteiger partial charge is 0.493 e. The van der Waals surface area contributed by atoms with Crippen molar-refractivity contribution < 1.29 is 23.4 Å². The number of carbonyl (C=O) groups excluding carboxylic acids is 1. The van der Waals surface area contributed by atoms with Crippen LogP contribution in [0, 0.1) is 5.82 Å². The smallest absolute Gasteiger partial charge is 0.255 e. The summed E-state index contributed by atoms with van der Waals surface area (Å²) in [6.45, 7) is 1.61. The first-order chi connectivity index (χ1) is 16.0.